The van der Waals surface area contributed by atoms with Gasteiger partial charge in [0, 0.05) is 12.6 Å². The maximum absolute atomic E-state index is 12.0. The third kappa shape index (κ3) is 4.68. The summed E-state index contributed by atoms with van der Waals surface area (Å²) in [7, 11) is -3.44. The highest BCUT2D eigenvalue weighted by molar-refractivity contribution is 7.89. The predicted octanol–water partition coefficient (Wildman–Crippen LogP) is 1.75. The summed E-state index contributed by atoms with van der Waals surface area (Å²) in [5.74, 6) is -0.0427. The molecule has 0 aromatic heterocycles. The van der Waals surface area contributed by atoms with E-state index in [0.717, 1.165) is 24.8 Å². The molecular weight excluding hydrogens is 300 g/mol. The van der Waals surface area contributed by atoms with Crippen molar-refractivity contribution in [2.75, 3.05) is 6.54 Å². The topological polar surface area (TPSA) is 75.3 Å². The number of hydrogen-bond acceptors (Lipinski definition) is 3. The minimum Gasteiger partial charge on any atom is -0.350 e. The summed E-state index contributed by atoms with van der Waals surface area (Å²) in [4.78, 5) is 12.2. The summed E-state index contributed by atoms with van der Waals surface area (Å²) in [5, 5.41) is 2.98. The zero-order valence-corrected chi connectivity index (χ0v) is 13.5. The van der Waals surface area contributed by atoms with E-state index in [2.05, 4.69) is 16.1 Å². The van der Waals surface area contributed by atoms with Gasteiger partial charge in [0.15, 0.2) is 0 Å². The van der Waals surface area contributed by atoms with Crippen molar-refractivity contribution in [3.8, 4) is 0 Å². The van der Waals surface area contributed by atoms with Gasteiger partial charge in [0.2, 0.25) is 15.9 Å². The number of hydrogen-bond donors (Lipinski definition) is 2. The van der Waals surface area contributed by atoms with E-state index in [1.54, 1.807) is 19.1 Å². The number of allylic oxidation sites excluding steroid dienone is 1. The lowest BCUT2D eigenvalue weighted by Gasteiger charge is -2.17. The number of nitrogens with one attached hydrogen (secondary N) is 2. The number of amides is 1. The lowest BCUT2D eigenvalue weighted by atomic mass is 10.0. The van der Waals surface area contributed by atoms with Gasteiger partial charge < -0.3 is 5.32 Å². The number of carbonyl (C=O) groups is 1. The highest BCUT2D eigenvalue weighted by Crippen LogP contribution is 2.12. The van der Waals surface area contributed by atoms with Crippen LogP contribution in [-0.2, 0) is 21.2 Å². The van der Waals surface area contributed by atoms with Gasteiger partial charge in [-0.15, -0.1) is 0 Å². The molecule has 22 heavy (non-hydrogen) atoms. The Morgan fingerprint density at radius 2 is 2.00 bits per heavy atom. The van der Waals surface area contributed by atoms with Crippen molar-refractivity contribution < 1.29 is 13.2 Å². The molecule has 0 bridgehead atoms. The van der Waals surface area contributed by atoms with Crippen molar-refractivity contribution in [3.63, 3.8) is 0 Å². The van der Waals surface area contributed by atoms with E-state index < -0.39 is 10.0 Å². The standard InChI is InChI=1S/C16H22N2O3S/c1-2-17-22(20,21)15-10-8-13(9-11-15)12-16(19)18-14-6-4-3-5-7-14/h4,6,8-11,14,17H,2-3,5,7,12H2,1H3,(H,18,19)/t14-/m0/s1. The molecule has 1 aliphatic carbocycles. The third-order valence-electron chi connectivity index (χ3n) is 3.53. The molecule has 1 aromatic carbocycles. The molecule has 120 valence electrons. The lowest BCUT2D eigenvalue weighted by molar-refractivity contribution is -0.120. The van der Waals surface area contributed by atoms with Crippen molar-refractivity contribution in [1.82, 2.24) is 10.0 Å². The first-order valence-corrected chi connectivity index (χ1v) is 9.04. The summed E-state index contributed by atoms with van der Waals surface area (Å²) >= 11 is 0. The molecule has 0 saturated carbocycles. The monoisotopic (exact) mass is 322 g/mol. The van der Waals surface area contributed by atoms with E-state index in [9.17, 15) is 13.2 Å². The van der Waals surface area contributed by atoms with Gasteiger partial charge in [0.25, 0.3) is 0 Å². The van der Waals surface area contributed by atoms with Crippen LogP contribution in [0.4, 0.5) is 0 Å². The molecule has 1 amide bonds. The highest BCUT2D eigenvalue weighted by atomic mass is 32.2. The summed E-state index contributed by atoms with van der Waals surface area (Å²) in [5.41, 5.74) is 0.799. The largest absolute Gasteiger partial charge is 0.350 e. The highest BCUT2D eigenvalue weighted by Gasteiger charge is 2.14. The molecule has 6 heteroatoms. The number of sulfonamides is 1. The Bertz CT molecular complexity index is 636. The molecule has 1 atom stereocenters. The van der Waals surface area contributed by atoms with E-state index in [-0.39, 0.29) is 23.3 Å². The molecule has 0 radical (unpaired) electrons. The van der Waals surface area contributed by atoms with Gasteiger partial charge in [0.1, 0.15) is 0 Å². The van der Waals surface area contributed by atoms with Crippen molar-refractivity contribution in [1.29, 1.82) is 0 Å². The van der Waals surface area contributed by atoms with Crippen LogP contribution in [0.3, 0.4) is 0 Å². The lowest BCUT2D eigenvalue weighted by Crippen LogP contribution is -2.35. The first-order valence-electron chi connectivity index (χ1n) is 7.56. The Morgan fingerprint density at radius 3 is 2.59 bits per heavy atom. The smallest absolute Gasteiger partial charge is 0.240 e. The molecule has 1 aliphatic rings. The molecular formula is C16H22N2O3S. The zero-order valence-electron chi connectivity index (χ0n) is 12.7. The van der Waals surface area contributed by atoms with E-state index >= 15 is 0 Å². The van der Waals surface area contributed by atoms with E-state index in [1.165, 1.54) is 12.1 Å². The summed E-state index contributed by atoms with van der Waals surface area (Å²) in [6.07, 6.45) is 7.53. The maximum atomic E-state index is 12.0. The van der Waals surface area contributed by atoms with Crippen LogP contribution in [0.1, 0.15) is 31.7 Å². The fourth-order valence-electron chi connectivity index (χ4n) is 2.44. The second-order valence-corrected chi connectivity index (χ2v) is 7.12. The van der Waals surface area contributed by atoms with Gasteiger partial charge in [-0.3, -0.25) is 4.79 Å². The van der Waals surface area contributed by atoms with Crippen LogP contribution < -0.4 is 10.0 Å². The third-order valence-corrected chi connectivity index (χ3v) is 5.09. The van der Waals surface area contributed by atoms with Crippen LogP contribution in [0, 0.1) is 0 Å². The van der Waals surface area contributed by atoms with Gasteiger partial charge in [-0.25, -0.2) is 13.1 Å². The van der Waals surface area contributed by atoms with E-state index in [1.807, 2.05) is 6.08 Å². The molecule has 0 spiro atoms. The van der Waals surface area contributed by atoms with E-state index in [0.29, 0.717) is 6.54 Å². The van der Waals surface area contributed by atoms with Gasteiger partial charge in [-0.05, 0) is 37.0 Å². The van der Waals surface area contributed by atoms with Gasteiger partial charge in [-0.1, -0.05) is 31.2 Å². The Labute approximate surface area is 131 Å². The number of benzene rings is 1. The number of carbonyl (C=O) groups excluding carboxylic acids is 1. The normalized spacial score (nSPS) is 18.1. The van der Waals surface area contributed by atoms with E-state index in [4.69, 9.17) is 0 Å². The van der Waals surface area contributed by atoms with Crippen molar-refractivity contribution >= 4 is 15.9 Å². The average molecular weight is 322 g/mol. The molecule has 0 heterocycles. The summed E-state index contributed by atoms with van der Waals surface area (Å²) < 4.78 is 26.1. The Morgan fingerprint density at radius 1 is 1.27 bits per heavy atom. The van der Waals surface area contributed by atoms with Crippen molar-refractivity contribution in [3.05, 3.63) is 42.0 Å². The van der Waals surface area contributed by atoms with Crippen LogP contribution in [0.2, 0.25) is 0 Å². The van der Waals surface area contributed by atoms with Gasteiger partial charge >= 0.3 is 0 Å². The quantitative estimate of drug-likeness (QED) is 0.784. The Kier molecular flexibility index (Phi) is 5.74. The second kappa shape index (κ2) is 7.56. The van der Waals surface area contributed by atoms with Crippen LogP contribution in [0.15, 0.2) is 41.3 Å². The fourth-order valence-corrected chi connectivity index (χ4v) is 3.48. The SMILES string of the molecule is CCNS(=O)(=O)c1ccc(CC(=O)N[C@H]2C=CCCC2)cc1. The molecule has 2 N–H and O–H groups in total. The molecule has 1 aromatic rings. The fraction of sp³-hybridized carbons (Fsp3) is 0.438. The van der Waals surface area contributed by atoms with Crippen LogP contribution in [-0.4, -0.2) is 26.9 Å². The minimum absolute atomic E-state index is 0.0427. The van der Waals surface area contributed by atoms with Crippen molar-refractivity contribution in [2.24, 2.45) is 0 Å². The zero-order chi connectivity index (χ0) is 16.0. The van der Waals surface area contributed by atoms with Crippen LogP contribution in [0.5, 0.6) is 0 Å². The first kappa shape index (κ1) is 16.7. The van der Waals surface area contributed by atoms with Crippen LogP contribution in [0.25, 0.3) is 0 Å². The first-order chi connectivity index (χ1) is 10.5. The Hall–Kier alpha value is -1.66. The number of rotatable bonds is 6. The molecule has 0 unspecified atom stereocenters. The molecule has 5 nitrogen and oxygen atoms in total. The molecule has 2 rings (SSSR count). The molecule has 0 aliphatic heterocycles. The predicted molar refractivity (Wildman–Crippen MR) is 85.9 cm³/mol. The van der Waals surface area contributed by atoms with Gasteiger partial charge in [-0.2, -0.15) is 0 Å². The second-order valence-electron chi connectivity index (χ2n) is 5.36. The van der Waals surface area contributed by atoms with Gasteiger partial charge in [0.05, 0.1) is 11.3 Å². The summed E-state index contributed by atoms with van der Waals surface area (Å²) in [6, 6.07) is 6.54. The maximum Gasteiger partial charge on any atom is 0.240 e. The average Bonchev–Trinajstić information content (AvgIpc) is 2.48. The summed E-state index contributed by atoms with van der Waals surface area (Å²) in [6.45, 7) is 2.08. The molecule has 0 saturated heterocycles. The van der Waals surface area contributed by atoms with Crippen molar-refractivity contribution in [2.45, 2.75) is 43.5 Å². The molecule has 0 fully saturated rings. The minimum atomic E-state index is -3.44. The Balaban J connectivity index is 1.94. The van der Waals surface area contributed by atoms with Crippen LogP contribution >= 0.6 is 0 Å².